The number of piperidine rings is 1. The summed E-state index contributed by atoms with van der Waals surface area (Å²) in [7, 11) is 0. The third kappa shape index (κ3) is 6.31. The van der Waals surface area contributed by atoms with Gasteiger partial charge in [0.2, 0.25) is 0 Å². The van der Waals surface area contributed by atoms with Crippen LogP contribution >= 0.6 is 0 Å². The summed E-state index contributed by atoms with van der Waals surface area (Å²) in [5.41, 5.74) is 9.45. The number of benzene rings is 2. The van der Waals surface area contributed by atoms with Crippen LogP contribution in [0.2, 0.25) is 0 Å². The van der Waals surface area contributed by atoms with Gasteiger partial charge in [0, 0.05) is 38.4 Å². The highest BCUT2D eigenvalue weighted by Gasteiger charge is 2.28. The van der Waals surface area contributed by atoms with Gasteiger partial charge in [-0.1, -0.05) is 66.1 Å². The van der Waals surface area contributed by atoms with E-state index in [2.05, 4.69) is 89.4 Å². The summed E-state index contributed by atoms with van der Waals surface area (Å²) in [5.74, 6) is -0.0984. The normalized spacial score (nSPS) is 16.8. The molecule has 1 N–H and O–H groups in total. The molecule has 1 aliphatic carbocycles. The van der Waals surface area contributed by atoms with Gasteiger partial charge in [-0.15, -0.1) is 0 Å². The van der Waals surface area contributed by atoms with Crippen molar-refractivity contribution < 1.29 is 4.79 Å². The van der Waals surface area contributed by atoms with Gasteiger partial charge in [0.1, 0.15) is 0 Å². The molecular formula is C35H44N4O. The summed E-state index contributed by atoms with van der Waals surface area (Å²) in [6.45, 7) is 12.5. The summed E-state index contributed by atoms with van der Waals surface area (Å²) in [6, 6.07) is 20.4. The smallest absolute Gasteiger partial charge is 0.253 e. The highest BCUT2D eigenvalue weighted by Crippen LogP contribution is 2.35. The van der Waals surface area contributed by atoms with Crippen molar-refractivity contribution in [3.8, 4) is 0 Å². The maximum Gasteiger partial charge on any atom is 0.253 e. The van der Waals surface area contributed by atoms with Crippen molar-refractivity contribution in [2.45, 2.75) is 71.9 Å². The lowest BCUT2D eigenvalue weighted by atomic mass is 9.85. The number of amides is 1. The van der Waals surface area contributed by atoms with Crippen molar-refractivity contribution in [2.24, 2.45) is 0 Å². The van der Waals surface area contributed by atoms with E-state index in [0.29, 0.717) is 5.56 Å². The first-order valence-corrected chi connectivity index (χ1v) is 15.1. The van der Waals surface area contributed by atoms with Gasteiger partial charge in [-0.3, -0.25) is 14.7 Å². The Labute approximate surface area is 240 Å². The number of likely N-dealkylation sites (tertiary alicyclic amines) is 1. The second-order valence-corrected chi connectivity index (χ2v) is 11.4. The molecule has 1 saturated heterocycles. The van der Waals surface area contributed by atoms with Crippen LogP contribution in [0.4, 0.5) is 5.69 Å². The Bertz CT molecular complexity index is 1310. The second kappa shape index (κ2) is 12.8. The highest BCUT2D eigenvalue weighted by atomic mass is 16.1. The van der Waals surface area contributed by atoms with E-state index in [0.717, 1.165) is 43.2 Å². The number of nitrogens with one attached hydrogen (secondary N) is 1. The lowest BCUT2D eigenvalue weighted by Crippen LogP contribution is -2.43. The lowest BCUT2D eigenvalue weighted by Gasteiger charge is -2.40. The van der Waals surface area contributed by atoms with Crippen molar-refractivity contribution in [3.05, 3.63) is 100 Å². The fourth-order valence-electron chi connectivity index (χ4n) is 6.07. The lowest BCUT2D eigenvalue weighted by molar-refractivity contribution is 0.0939. The molecule has 3 aromatic rings. The molecular weight excluding hydrogens is 492 g/mol. The first-order valence-electron chi connectivity index (χ1n) is 15.1. The molecule has 1 aliphatic heterocycles. The van der Waals surface area contributed by atoms with Gasteiger partial charge >= 0.3 is 0 Å². The van der Waals surface area contributed by atoms with Crippen LogP contribution in [0.15, 0.2) is 72.6 Å². The van der Waals surface area contributed by atoms with Crippen LogP contribution in [0.25, 0.3) is 5.57 Å². The van der Waals surface area contributed by atoms with Crippen LogP contribution in [0.1, 0.15) is 91.5 Å². The quantitative estimate of drug-likeness (QED) is 0.315. The number of hydrogen-bond acceptors (Lipinski definition) is 4. The largest absolute Gasteiger partial charge is 0.371 e. The molecule has 5 rings (SSSR count). The number of rotatable bonds is 9. The van der Waals surface area contributed by atoms with E-state index in [4.69, 9.17) is 0 Å². The Hall–Kier alpha value is -3.44. The van der Waals surface area contributed by atoms with Crippen molar-refractivity contribution in [2.75, 3.05) is 31.1 Å². The van der Waals surface area contributed by atoms with Crippen molar-refractivity contribution in [1.82, 2.24) is 15.2 Å². The van der Waals surface area contributed by atoms with Gasteiger partial charge in [-0.2, -0.15) is 0 Å². The highest BCUT2D eigenvalue weighted by molar-refractivity contribution is 5.95. The minimum atomic E-state index is -0.111. The number of carbonyl (C=O) groups is 1. The van der Waals surface area contributed by atoms with Crippen LogP contribution in [0.5, 0.6) is 0 Å². The maximum atomic E-state index is 13.1. The Morgan fingerprint density at radius 2 is 1.57 bits per heavy atom. The third-order valence-corrected chi connectivity index (χ3v) is 8.85. The average Bonchev–Trinajstić information content (AvgIpc) is 2.95. The number of aromatic nitrogens is 1. The molecule has 210 valence electrons. The fourth-order valence-corrected chi connectivity index (χ4v) is 6.07. The molecule has 1 amide bonds. The Morgan fingerprint density at radius 3 is 2.15 bits per heavy atom. The van der Waals surface area contributed by atoms with Gasteiger partial charge in [-0.25, -0.2) is 0 Å². The number of pyridine rings is 1. The summed E-state index contributed by atoms with van der Waals surface area (Å²) in [5, 5.41) is 3.18. The predicted octanol–water partition coefficient (Wildman–Crippen LogP) is 7.18. The fraction of sp³-hybridized carbons (Fsp3) is 0.429. The molecule has 2 fully saturated rings. The van der Waals surface area contributed by atoms with E-state index in [-0.39, 0.29) is 11.9 Å². The van der Waals surface area contributed by atoms with Crippen molar-refractivity contribution in [3.63, 3.8) is 0 Å². The van der Waals surface area contributed by atoms with E-state index in [1.54, 1.807) is 11.8 Å². The van der Waals surface area contributed by atoms with Gasteiger partial charge in [0.15, 0.2) is 0 Å². The molecule has 0 radical (unpaired) electrons. The Kier molecular flexibility index (Phi) is 9.01. The first kappa shape index (κ1) is 28.1. The van der Waals surface area contributed by atoms with E-state index in [1.165, 1.54) is 54.6 Å². The Balaban J connectivity index is 1.33. The zero-order chi connectivity index (χ0) is 28.1. The number of anilines is 1. The summed E-state index contributed by atoms with van der Waals surface area (Å²) < 4.78 is 0. The first-order chi connectivity index (χ1) is 19.5. The number of aryl methyl sites for hydroxylation is 1. The molecule has 0 bridgehead atoms. The second-order valence-electron chi connectivity index (χ2n) is 11.4. The standard InChI is InChI=1S/C35H44N4O/c1-5-38(6-2)33-22-31(23-36-24-33)35(40)37-26(4)27-14-16-29(17-15-27)34(28-12-10-25(3)11-13-28)30-18-20-39(21-19-30)32-8-7-9-32/h10-17,22-24,26,32H,5-9,18-21H2,1-4H3,(H,37,40)/t26-/m1/s1. The molecule has 2 aliphatic rings. The SMILES string of the molecule is CCN(CC)c1cncc(C(=O)N[C@H](C)c2ccc(C(=C3CCN(C4CCC4)CC3)c3ccc(C)cc3)cc2)c1. The average molecular weight is 537 g/mol. The molecule has 5 heteroatoms. The minimum Gasteiger partial charge on any atom is -0.371 e. The minimum absolute atomic E-state index is 0.0984. The summed E-state index contributed by atoms with van der Waals surface area (Å²) in [6.07, 6.45) is 9.87. The monoisotopic (exact) mass is 536 g/mol. The summed E-state index contributed by atoms with van der Waals surface area (Å²) in [4.78, 5) is 22.3. The summed E-state index contributed by atoms with van der Waals surface area (Å²) >= 11 is 0. The van der Waals surface area contributed by atoms with E-state index >= 15 is 0 Å². The maximum absolute atomic E-state index is 13.1. The van der Waals surface area contributed by atoms with Crippen LogP contribution in [0.3, 0.4) is 0 Å². The van der Waals surface area contributed by atoms with E-state index in [1.807, 2.05) is 19.2 Å². The van der Waals surface area contributed by atoms with Gasteiger partial charge in [-0.05, 0) is 81.7 Å². The van der Waals surface area contributed by atoms with Gasteiger partial charge < -0.3 is 10.2 Å². The predicted molar refractivity (Wildman–Crippen MR) is 166 cm³/mol. The zero-order valence-corrected chi connectivity index (χ0v) is 24.6. The van der Waals surface area contributed by atoms with Gasteiger partial charge in [0.05, 0.1) is 23.5 Å². The molecule has 40 heavy (non-hydrogen) atoms. The molecule has 1 aromatic heterocycles. The van der Waals surface area contributed by atoms with Crippen LogP contribution < -0.4 is 10.2 Å². The molecule has 0 unspecified atom stereocenters. The van der Waals surface area contributed by atoms with Crippen molar-refractivity contribution in [1.29, 1.82) is 0 Å². The number of nitrogens with zero attached hydrogens (tertiary/aromatic N) is 3. The third-order valence-electron chi connectivity index (χ3n) is 8.85. The van der Waals surface area contributed by atoms with Crippen LogP contribution in [0, 0.1) is 6.92 Å². The Morgan fingerprint density at radius 1 is 0.950 bits per heavy atom. The molecule has 0 spiro atoms. The molecule has 1 saturated carbocycles. The van der Waals surface area contributed by atoms with E-state index < -0.39 is 0 Å². The molecule has 5 nitrogen and oxygen atoms in total. The van der Waals surface area contributed by atoms with Crippen molar-refractivity contribution >= 4 is 17.2 Å². The van der Waals surface area contributed by atoms with Gasteiger partial charge in [0.25, 0.3) is 5.91 Å². The molecule has 2 heterocycles. The van der Waals surface area contributed by atoms with Crippen LogP contribution in [-0.2, 0) is 0 Å². The van der Waals surface area contributed by atoms with Crippen LogP contribution in [-0.4, -0.2) is 48.0 Å². The zero-order valence-electron chi connectivity index (χ0n) is 24.6. The number of hydrogen-bond donors (Lipinski definition) is 1. The molecule has 1 atom stereocenters. The van der Waals surface area contributed by atoms with E-state index in [9.17, 15) is 4.79 Å². The molecule has 2 aromatic carbocycles. The number of carbonyl (C=O) groups excluding carboxylic acids is 1. The topological polar surface area (TPSA) is 48.5 Å².